The number of imidazole rings is 1. The zero-order valence-electron chi connectivity index (χ0n) is 9.86. The molecule has 0 saturated heterocycles. The zero-order chi connectivity index (χ0) is 11.7. The van der Waals surface area contributed by atoms with Crippen molar-refractivity contribution < 1.29 is 0 Å². The number of thiazole rings is 1. The Bertz CT molecular complexity index is 489. The highest BCUT2D eigenvalue weighted by Crippen LogP contribution is 2.36. The van der Waals surface area contributed by atoms with Crippen molar-refractivity contribution in [2.45, 2.75) is 32.2 Å². The lowest BCUT2D eigenvalue weighted by atomic mass is 9.98. The molecule has 0 spiro atoms. The fraction of sp³-hybridized carbons (Fsp3) is 0.500. The Labute approximate surface area is 105 Å². The van der Waals surface area contributed by atoms with Crippen LogP contribution in [0, 0.1) is 0 Å². The van der Waals surface area contributed by atoms with E-state index in [4.69, 9.17) is 4.98 Å². The molecule has 2 heterocycles. The summed E-state index contributed by atoms with van der Waals surface area (Å²) in [6.07, 6.45) is 7.18. The second kappa shape index (κ2) is 4.58. The lowest BCUT2D eigenvalue weighted by molar-refractivity contribution is 0.476. The Morgan fingerprint density at radius 1 is 1.59 bits per heavy atom. The molecule has 5 heteroatoms. The van der Waals surface area contributed by atoms with Crippen molar-refractivity contribution in [1.29, 1.82) is 0 Å². The molecule has 90 valence electrons. The fourth-order valence-corrected chi connectivity index (χ4v) is 3.53. The second-order valence-corrected chi connectivity index (χ2v) is 5.30. The molecule has 0 bridgehead atoms. The van der Waals surface area contributed by atoms with Crippen molar-refractivity contribution in [3.63, 3.8) is 0 Å². The molecule has 3 rings (SSSR count). The van der Waals surface area contributed by atoms with Crippen molar-refractivity contribution in [1.82, 2.24) is 20.3 Å². The maximum absolute atomic E-state index is 4.71. The first kappa shape index (κ1) is 10.9. The van der Waals surface area contributed by atoms with Crippen LogP contribution in [0.25, 0.3) is 10.8 Å². The van der Waals surface area contributed by atoms with Crippen LogP contribution in [0.3, 0.4) is 0 Å². The number of H-pyrrole nitrogens is 1. The third-order valence-electron chi connectivity index (χ3n) is 3.10. The minimum absolute atomic E-state index is 0.491. The first-order chi connectivity index (χ1) is 8.38. The van der Waals surface area contributed by atoms with Gasteiger partial charge in [-0.15, -0.1) is 11.3 Å². The summed E-state index contributed by atoms with van der Waals surface area (Å²) in [5.74, 6) is 0.889. The summed E-state index contributed by atoms with van der Waals surface area (Å²) in [4.78, 5) is 13.5. The number of nitrogens with one attached hydrogen (secondary N) is 2. The molecular formula is C12H16N4S. The lowest BCUT2D eigenvalue weighted by Gasteiger charge is -2.21. The topological polar surface area (TPSA) is 53.6 Å². The molecule has 0 amide bonds. The molecule has 0 radical (unpaired) electrons. The van der Waals surface area contributed by atoms with Crippen molar-refractivity contribution >= 4 is 11.3 Å². The molecule has 1 atom stereocenters. The molecule has 0 saturated carbocycles. The van der Waals surface area contributed by atoms with Gasteiger partial charge in [0, 0.05) is 23.3 Å². The van der Waals surface area contributed by atoms with Gasteiger partial charge in [0.25, 0.3) is 0 Å². The Morgan fingerprint density at radius 3 is 3.29 bits per heavy atom. The number of aromatic amines is 1. The molecule has 4 nitrogen and oxygen atoms in total. The lowest BCUT2D eigenvalue weighted by Crippen LogP contribution is -2.23. The van der Waals surface area contributed by atoms with E-state index in [0.29, 0.717) is 6.04 Å². The number of aromatic nitrogens is 3. The molecule has 0 aliphatic heterocycles. The molecule has 2 aromatic heterocycles. The largest absolute Gasteiger partial charge is 0.343 e. The van der Waals surface area contributed by atoms with Crippen LogP contribution in [-0.4, -0.2) is 21.5 Å². The molecule has 2 N–H and O–H groups in total. The molecule has 1 aliphatic rings. The molecule has 2 aromatic rings. The van der Waals surface area contributed by atoms with Crippen molar-refractivity contribution in [3.8, 4) is 10.8 Å². The van der Waals surface area contributed by atoms with E-state index in [9.17, 15) is 0 Å². The summed E-state index contributed by atoms with van der Waals surface area (Å²) in [5.41, 5.74) is 1.26. The highest BCUT2D eigenvalue weighted by molar-refractivity contribution is 7.15. The molecule has 0 fully saturated rings. The number of rotatable bonds is 3. The number of fused-ring (bicyclic) bond motifs is 1. The molecule has 17 heavy (non-hydrogen) atoms. The average molecular weight is 248 g/mol. The number of aryl methyl sites for hydroxylation is 1. The van der Waals surface area contributed by atoms with Crippen LogP contribution in [-0.2, 0) is 6.42 Å². The van der Waals surface area contributed by atoms with Crippen molar-refractivity contribution in [3.05, 3.63) is 23.0 Å². The Morgan fingerprint density at radius 2 is 2.53 bits per heavy atom. The van der Waals surface area contributed by atoms with Gasteiger partial charge in [-0.3, -0.25) is 0 Å². The van der Waals surface area contributed by atoms with Crippen LogP contribution in [0.1, 0.15) is 36.4 Å². The van der Waals surface area contributed by atoms with E-state index in [1.54, 1.807) is 17.5 Å². The van der Waals surface area contributed by atoms with Gasteiger partial charge in [0.2, 0.25) is 0 Å². The van der Waals surface area contributed by atoms with E-state index >= 15 is 0 Å². The summed E-state index contributed by atoms with van der Waals surface area (Å²) < 4.78 is 0. The van der Waals surface area contributed by atoms with Gasteiger partial charge in [0.15, 0.2) is 10.8 Å². The van der Waals surface area contributed by atoms with Gasteiger partial charge in [-0.1, -0.05) is 6.92 Å². The Balaban J connectivity index is 1.96. The van der Waals surface area contributed by atoms with E-state index < -0.39 is 0 Å². The van der Waals surface area contributed by atoms with Crippen LogP contribution in [0.2, 0.25) is 0 Å². The third kappa shape index (κ3) is 2.00. The van der Waals surface area contributed by atoms with E-state index in [0.717, 1.165) is 23.8 Å². The number of hydrogen-bond acceptors (Lipinski definition) is 4. The van der Waals surface area contributed by atoms with Gasteiger partial charge >= 0.3 is 0 Å². The minimum Gasteiger partial charge on any atom is -0.343 e. The highest BCUT2D eigenvalue weighted by Gasteiger charge is 2.24. The van der Waals surface area contributed by atoms with E-state index in [1.807, 2.05) is 6.20 Å². The van der Waals surface area contributed by atoms with E-state index in [-0.39, 0.29) is 0 Å². The zero-order valence-corrected chi connectivity index (χ0v) is 10.7. The Kier molecular flexibility index (Phi) is 2.94. The van der Waals surface area contributed by atoms with Gasteiger partial charge in [-0.2, -0.15) is 0 Å². The Hall–Kier alpha value is -1.20. The van der Waals surface area contributed by atoms with E-state index in [2.05, 4.69) is 22.2 Å². The monoisotopic (exact) mass is 248 g/mol. The molecule has 0 aromatic carbocycles. The van der Waals surface area contributed by atoms with Crippen LogP contribution < -0.4 is 5.32 Å². The standard InChI is InChI=1S/C12H16N4S/c1-2-13-8-4-3-5-9-10(8)17-12(16-9)11-14-6-7-15-11/h6-8,13H,2-5H2,1H3,(H,14,15). The SMILES string of the molecule is CCNC1CCCc2nc(-c3ncc[nH]3)sc21. The smallest absolute Gasteiger partial charge is 0.166 e. The molecular weight excluding hydrogens is 232 g/mol. The number of hydrogen-bond donors (Lipinski definition) is 2. The van der Waals surface area contributed by atoms with Gasteiger partial charge in [-0.25, -0.2) is 9.97 Å². The predicted molar refractivity (Wildman–Crippen MR) is 69.1 cm³/mol. The summed E-state index contributed by atoms with van der Waals surface area (Å²) in [6, 6.07) is 0.491. The predicted octanol–water partition coefficient (Wildman–Crippen LogP) is 2.52. The van der Waals surface area contributed by atoms with Gasteiger partial charge in [0.05, 0.1) is 5.69 Å². The maximum atomic E-state index is 4.71. The normalized spacial score (nSPS) is 19.2. The average Bonchev–Trinajstić information content (AvgIpc) is 2.98. The number of nitrogens with zero attached hydrogens (tertiary/aromatic N) is 2. The highest BCUT2D eigenvalue weighted by atomic mass is 32.1. The van der Waals surface area contributed by atoms with Gasteiger partial charge in [-0.05, 0) is 25.8 Å². The quantitative estimate of drug-likeness (QED) is 0.877. The maximum Gasteiger partial charge on any atom is 0.166 e. The first-order valence-corrected chi connectivity index (χ1v) is 6.93. The first-order valence-electron chi connectivity index (χ1n) is 6.11. The van der Waals surface area contributed by atoms with Gasteiger partial charge < -0.3 is 10.3 Å². The fourth-order valence-electron chi connectivity index (χ4n) is 2.34. The summed E-state index contributed by atoms with van der Waals surface area (Å²) in [7, 11) is 0. The van der Waals surface area contributed by atoms with E-state index in [1.165, 1.54) is 23.4 Å². The second-order valence-electron chi connectivity index (χ2n) is 4.27. The van der Waals surface area contributed by atoms with Gasteiger partial charge in [0.1, 0.15) is 0 Å². The summed E-state index contributed by atoms with van der Waals surface area (Å²) in [5, 5.41) is 4.56. The minimum atomic E-state index is 0.491. The van der Waals surface area contributed by atoms with Crippen LogP contribution in [0.5, 0.6) is 0 Å². The van der Waals surface area contributed by atoms with Crippen LogP contribution in [0.4, 0.5) is 0 Å². The summed E-state index contributed by atoms with van der Waals surface area (Å²) in [6.45, 7) is 3.17. The van der Waals surface area contributed by atoms with Crippen molar-refractivity contribution in [2.75, 3.05) is 6.54 Å². The van der Waals surface area contributed by atoms with Crippen LogP contribution in [0.15, 0.2) is 12.4 Å². The van der Waals surface area contributed by atoms with Crippen LogP contribution >= 0.6 is 11.3 Å². The summed E-state index contributed by atoms with van der Waals surface area (Å²) >= 11 is 1.77. The third-order valence-corrected chi connectivity index (χ3v) is 4.32. The molecule has 1 aliphatic carbocycles. The van der Waals surface area contributed by atoms with Crippen molar-refractivity contribution in [2.24, 2.45) is 0 Å². The molecule has 1 unspecified atom stereocenters.